The van der Waals surface area contributed by atoms with Crippen LogP contribution in [0.1, 0.15) is 16.1 Å². The number of hydrogen-bond acceptors (Lipinski definition) is 5. The third-order valence-electron chi connectivity index (χ3n) is 3.95. The standard InChI is InChI=1S/C20H16Cl2N2O4S/c1-27-18-6-3-12(21)9-14(18)19(26)24-20(29)23-16-8-11(2-5-15(16)22)17-7-4-13(10-25)28-17/h2-9,25H,10H2,1H3,(H2,23,24,26,29). The summed E-state index contributed by atoms with van der Waals surface area (Å²) in [6.07, 6.45) is 0. The fraction of sp³-hybridized carbons (Fsp3) is 0.100. The highest BCUT2D eigenvalue weighted by Crippen LogP contribution is 2.30. The number of halogens is 2. The second-order valence-corrected chi connectivity index (χ2v) is 7.12. The molecular weight excluding hydrogens is 435 g/mol. The van der Waals surface area contributed by atoms with E-state index in [0.29, 0.717) is 33.0 Å². The number of furan rings is 1. The van der Waals surface area contributed by atoms with E-state index in [1.165, 1.54) is 13.2 Å². The van der Waals surface area contributed by atoms with Gasteiger partial charge in [0, 0.05) is 10.6 Å². The maximum atomic E-state index is 12.5. The molecule has 1 heterocycles. The van der Waals surface area contributed by atoms with E-state index in [4.69, 9.17) is 49.7 Å². The Balaban J connectivity index is 1.76. The van der Waals surface area contributed by atoms with E-state index in [2.05, 4.69) is 10.6 Å². The highest BCUT2D eigenvalue weighted by molar-refractivity contribution is 7.80. The summed E-state index contributed by atoms with van der Waals surface area (Å²) in [6.45, 7) is -0.193. The van der Waals surface area contributed by atoms with E-state index in [1.807, 2.05) is 0 Å². The highest BCUT2D eigenvalue weighted by atomic mass is 35.5. The number of anilines is 1. The van der Waals surface area contributed by atoms with Crippen molar-refractivity contribution >= 4 is 52.1 Å². The average molecular weight is 451 g/mol. The molecule has 0 aliphatic carbocycles. The number of carbonyl (C=O) groups excluding carboxylic acids is 1. The van der Waals surface area contributed by atoms with Crippen LogP contribution in [0.25, 0.3) is 11.3 Å². The van der Waals surface area contributed by atoms with Crippen molar-refractivity contribution in [1.82, 2.24) is 5.32 Å². The van der Waals surface area contributed by atoms with E-state index in [0.717, 1.165) is 5.56 Å². The quantitative estimate of drug-likeness (QED) is 0.480. The molecule has 1 aromatic heterocycles. The van der Waals surface area contributed by atoms with Gasteiger partial charge in [0.2, 0.25) is 0 Å². The monoisotopic (exact) mass is 450 g/mol. The van der Waals surface area contributed by atoms with Gasteiger partial charge in [0.05, 0.1) is 23.4 Å². The van der Waals surface area contributed by atoms with Gasteiger partial charge in [0.15, 0.2) is 5.11 Å². The van der Waals surface area contributed by atoms with Gasteiger partial charge in [-0.25, -0.2) is 0 Å². The van der Waals surface area contributed by atoms with Gasteiger partial charge in [0.25, 0.3) is 5.91 Å². The smallest absolute Gasteiger partial charge is 0.261 e. The number of aliphatic hydroxyl groups is 1. The molecule has 3 rings (SSSR count). The fourth-order valence-corrected chi connectivity index (χ4v) is 3.11. The summed E-state index contributed by atoms with van der Waals surface area (Å²) in [6, 6.07) is 13.3. The van der Waals surface area contributed by atoms with Crippen molar-refractivity contribution in [3.05, 3.63) is 69.9 Å². The summed E-state index contributed by atoms with van der Waals surface area (Å²) >= 11 is 17.4. The Labute approximate surface area is 182 Å². The molecule has 0 atom stereocenters. The first kappa shape index (κ1) is 21.1. The number of carbonyl (C=O) groups is 1. The molecule has 0 radical (unpaired) electrons. The second kappa shape index (κ2) is 9.28. The lowest BCUT2D eigenvalue weighted by atomic mass is 10.1. The molecule has 3 aromatic rings. The summed E-state index contributed by atoms with van der Waals surface area (Å²) in [5.41, 5.74) is 1.45. The lowest BCUT2D eigenvalue weighted by Crippen LogP contribution is -2.34. The predicted octanol–water partition coefficient (Wildman–Crippen LogP) is 4.88. The maximum absolute atomic E-state index is 12.5. The minimum absolute atomic E-state index is 0.0478. The molecule has 0 saturated carbocycles. The number of thiocarbonyl (C=S) groups is 1. The minimum atomic E-state index is -0.479. The van der Waals surface area contributed by atoms with Crippen molar-refractivity contribution in [2.45, 2.75) is 6.61 Å². The zero-order chi connectivity index (χ0) is 21.0. The Morgan fingerprint density at radius 2 is 1.97 bits per heavy atom. The average Bonchev–Trinajstić information content (AvgIpc) is 3.18. The zero-order valence-corrected chi connectivity index (χ0v) is 17.5. The molecule has 0 unspecified atom stereocenters. The van der Waals surface area contributed by atoms with E-state index in [1.54, 1.807) is 42.5 Å². The molecule has 0 aliphatic heterocycles. The second-order valence-electron chi connectivity index (χ2n) is 5.87. The molecule has 0 saturated heterocycles. The number of nitrogens with one attached hydrogen (secondary N) is 2. The summed E-state index contributed by atoms with van der Waals surface area (Å²) in [7, 11) is 1.46. The molecule has 2 aromatic carbocycles. The van der Waals surface area contributed by atoms with E-state index in [9.17, 15) is 4.79 Å². The topological polar surface area (TPSA) is 83.7 Å². The van der Waals surface area contributed by atoms with Gasteiger partial charge in [-0.3, -0.25) is 10.1 Å². The van der Waals surface area contributed by atoms with Crippen molar-refractivity contribution < 1.29 is 19.1 Å². The van der Waals surface area contributed by atoms with Gasteiger partial charge in [-0.2, -0.15) is 0 Å². The maximum Gasteiger partial charge on any atom is 0.261 e. The van der Waals surface area contributed by atoms with Gasteiger partial charge in [-0.15, -0.1) is 0 Å². The van der Waals surface area contributed by atoms with Crippen LogP contribution < -0.4 is 15.4 Å². The molecule has 29 heavy (non-hydrogen) atoms. The van der Waals surface area contributed by atoms with Crippen molar-refractivity contribution in [3.8, 4) is 17.1 Å². The van der Waals surface area contributed by atoms with Gasteiger partial charge < -0.3 is 19.6 Å². The Kier molecular flexibility index (Phi) is 6.76. The number of rotatable bonds is 5. The van der Waals surface area contributed by atoms with Crippen LogP contribution in [0.4, 0.5) is 5.69 Å². The van der Waals surface area contributed by atoms with Crippen LogP contribution in [0.5, 0.6) is 5.75 Å². The first-order valence-corrected chi connectivity index (χ1v) is 9.53. The molecule has 6 nitrogen and oxygen atoms in total. The van der Waals surface area contributed by atoms with Crippen LogP contribution in [0.3, 0.4) is 0 Å². The summed E-state index contributed by atoms with van der Waals surface area (Å²) in [5, 5.41) is 15.5. The third kappa shape index (κ3) is 5.07. The first-order valence-electron chi connectivity index (χ1n) is 8.36. The number of aliphatic hydroxyl groups excluding tert-OH is 1. The summed E-state index contributed by atoms with van der Waals surface area (Å²) in [5.74, 6) is 0.898. The van der Waals surface area contributed by atoms with Crippen molar-refractivity contribution in [2.24, 2.45) is 0 Å². The van der Waals surface area contributed by atoms with Crippen LogP contribution in [0.15, 0.2) is 52.9 Å². The van der Waals surface area contributed by atoms with Crippen LogP contribution in [-0.2, 0) is 6.61 Å². The molecule has 0 fully saturated rings. The molecule has 0 aliphatic rings. The molecule has 1 amide bonds. The lowest BCUT2D eigenvalue weighted by Gasteiger charge is -2.13. The Bertz CT molecular complexity index is 1070. The number of amides is 1. The number of benzene rings is 2. The van der Waals surface area contributed by atoms with Gasteiger partial charge in [0.1, 0.15) is 23.9 Å². The molecule has 150 valence electrons. The summed E-state index contributed by atoms with van der Waals surface area (Å²) < 4.78 is 10.7. The summed E-state index contributed by atoms with van der Waals surface area (Å²) in [4.78, 5) is 12.5. The van der Waals surface area contributed by atoms with Gasteiger partial charge >= 0.3 is 0 Å². The number of ether oxygens (including phenoxy) is 1. The number of methoxy groups -OCH3 is 1. The fourth-order valence-electron chi connectivity index (χ4n) is 2.57. The molecule has 0 spiro atoms. The van der Waals surface area contributed by atoms with E-state index < -0.39 is 5.91 Å². The minimum Gasteiger partial charge on any atom is -0.496 e. The first-order chi connectivity index (χ1) is 13.9. The van der Waals surface area contributed by atoms with E-state index in [-0.39, 0.29) is 17.3 Å². The van der Waals surface area contributed by atoms with Crippen LogP contribution in [0.2, 0.25) is 10.0 Å². The highest BCUT2D eigenvalue weighted by Gasteiger charge is 2.15. The van der Waals surface area contributed by atoms with Gasteiger partial charge in [-0.05, 0) is 60.7 Å². The number of hydrogen-bond donors (Lipinski definition) is 3. The predicted molar refractivity (Wildman–Crippen MR) is 117 cm³/mol. The van der Waals surface area contributed by atoms with Crippen molar-refractivity contribution in [1.29, 1.82) is 0 Å². The SMILES string of the molecule is COc1ccc(Cl)cc1C(=O)NC(=S)Nc1cc(-c2ccc(CO)o2)ccc1Cl. The Morgan fingerprint density at radius 3 is 2.66 bits per heavy atom. The van der Waals surface area contributed by atoms with Crippen molar-refractivity contribution in [3.63, 3.8) is 0 Å². The Hall–Kier alpha value is -2.58. The van der Waals surface area contributed by atoms with E-state index >= 15 is 0 Å². The molecule has 9 heteroatoms. The molecule has 0 bridgehead atoms. The molecule has 3 N–H and O–H groups in total. The van der Waals surface area contributed by atoms with Crippen LogP contribution in [0, 0.1) is 0 Å². The van der Waals surface area contributed by atoms with Crippen LogP contribution in [-0.4, -0.2) is 23.2 Å². The molecular formula is C20H16Cl2N2O4S. The normalized spacial score (nSPS) is 10.5. The largest absolute Gasteiger partial charge is 0.496 e. The lowest BCUT2D eigenvalue weighted by molar-refractivity contribution is 0.0975. The Morgan fingerprint density at radius 1 is 1.17 bits per heavy atom. The van der Waals surface area contributed by atoms with Gasteiger partial charge in [-0.1, -0.05) is 23.2 Å². The zero-order valence-electron chi connectivity index (χ0n) is 15.2. The third-order valence-corrected chi connectivity index (χ3v) is 4.72. The van der Waals surface area contributed by atoms with Crippen LogP contribution >= 0.6 is 35.4 Å². The van der Waals surface area contributed by atoms with Crippen molar-refractivity contribution in [2.75, 3.05) is 12.4 Å².